The molecule has 3 aromatic carbocycles. The quantitative estimate of drug-likeness (QED) is 0.0778. The fourth-order valence-corrected chi connectivity index (χ4v) is 6.15. The third kappa shape index (κ3) is 11.1. The number of ether oxygens (including phenoxy) is 3. The van der Waals surface area contributed by atoms with Crippen LogP contribution in [0.2, 0.25) is 0 Å². The van der Waals surface area contributed by atoms with E-state index in [1.54, 1.807) is 48.9 Å². The summed E-state index contributed by atoms with van der Waals surface area (Å²) in [6.07, 6.45) is 14.1. The van der Waals surface area contributed by atoms with Crippen molar-refractivity contribution in [3.05, 3.63) is 119 Å². The molecule has 0 atom stereocenters. The molecule has 0 spiro atoms. The highest BCUT2D eigenvalue weighted by Gasteiger charge is 2.24. The molecule has 0 N–H and O–H groups in total. The predicted molar refractivity (Wildman–Crippen MR) is 200 cm³/mol. The first-order valence-corrected chi connectivity index (χ1v) is 18.2. The molecule has 0 bridgehead atoms. The number of fused-ring (bicyclic) bond motifs is 1. The van der Waals surface area contributed by atoms with Gasteiger partial charge >= 0.3 is 0 Å². The van der Waals surface area contributed by atoms with Gasteiger partial charge in [-0.1, -0.05) is 38.7 Å². The van der Waals surface area contributed by atoms with E-state index in [1.807, 2.05) is 24.3 Å². The van der Waals surface area contributed by atoms with E-state index >= 15 is 0 Å². The maximum atomic E-state index is 14.2. The molecule has 0 saturated heterocycles. The molecule has 2 aromatic heterocycles. The summed E-state index contributed by atoms with van der Waals surface area (Å²) in [5.74, 6) is -0.647. The van der Waals surface area contributed by atoms with Crippen LogP contribution in [0.3, 0.4) is 0 Å². The average molecular weight is 793 g/mol. The van der Waals surface area contributed by atoms with Crippen LogP contribution in [0.25, 0.3) is 16.6 Å². The topological polar surface area (TPSA) is 73.9 Å². The lowest BCUT2D eigenvalue weighted by atomic mass is 10.1. The third-order valence-corrected chi connectivity index (χ3v) is 8.93. The first kappa shape index (κ1) is 41.0. The molecule has 0 unspecified atom stereocenters. The maximum Gasteiger partial charge on any atom is 0.263 e. The normalized spacial score (nSPS) is 10.9. The van der Waals surface area contributed by atoms with E-state index in [0.29, 0.717) is 41.7 Å². The number of hydrogen-bond acceptors (Lipinski definition) is 5. The van der Waals surface area contributed by atoms with Gasteiger partial charge in [0.1, 0.15) is 41.0 Å². The Kier molecular flexibility index (Phi) is 15.8. The van der Waals surface area contributed by atoms with Gasteiger partial charge in [-0.2, -0.15) is 0 Å². The van der Waals surface area contributed by atoms with Gasteiger partial charge in [-0.25, -0.2) is 13.3 Å². The largest absolute Gasteiger partial charge is 1.00 e. The second-order valence-electron chi connectivity index (χ2n) is 12.7. The lowest BCUT2D eigenvalue weighted by Gasteiger charge is -2.22. The standard InChI is InChI=1S/C42H48F2N3O5.BrH/c1-4-6-21-52-37-27-34(26-36(28-37)50-3)47-30-39(42(49)46(5-2)33-24-31(43)23-32(44)25-33)41(48)38-17-16-35(29-40(38)47)51-22-15-10-8-7-9-12-18-45-19-13-11-14-20-45;/h11,13-14,16-17,19-20,23-30H,4-10,12,15,18,21-22H2,1-3H3;1H/q+1;/p-1. The Morgan fingerprint density at radius 2 is 1.43 bits per heavy atom. The zero-order valence-corrected chi connectivity index (χ0v) is 32.2. The lowest BCUT2D eigenvalue weighted by Crippen LogP contribution is -3.00. The molecule has 0 aliphatic carbocycles. The van der Waals surface area contributed by atoms with Crippen LogP contribution in [-0.2, 0) is 6.54 Å². The molecule has 0 aliphatic rings. The zero-order chi connectivity index (χ0) is 36.9. The number of unbranched alkanes of at least 4 members (excludes halogenated alkanes) is 6. The van der Waals surface area contributed by atoms with E-state index in [4.69, 9.17) is 14.2 Å². The Labute approximate surface area is 320 Å². The highest BCUT2D eigenvalue weighted by atomic mass is 79.9. The van der Waals surface area contributed by atoms with Crippen molar-refractivity contribution < 1.29 is 49.3 Å². The van der Waals surface area contributed by atoms with Gasteiger partial charge in [0, 0.05) is 72.7 Å². The van der Waals surface area contributed by atoms with Crippen LogP contribution in [0.4, 0.5) is 14.5 Å². The average Bonchev–Trinajstić information content (AvgIpc) is 3.14. The van der Waals surface area contributed by atoms with Crippen LogP contribution < -0.4 is 46.1 Å². The number of anilines is 1. The first-order valence-electron chi connectivity index (χ1n) is 18.2. The third-order valence-electron chi connectivity index (χ3n) is 8.93. The number of methoxy groups -OCH3 is 1. The first-order chi connectivity index (χ1) is 25.3. The summed E-state index contributed by atoms with van der Waals surface area (Å²) in [6, 6.07) is 19.6. The number of hydrogen-bond donors (Lipinski definition) is 0. The van der Waals surface area contributed by atoms with Gasteiger partial charge in [0.25, 0.3) is 5.91 Å². The molecule has 53 heavy (non-hydrogen) atoms. The number of aromatic nitrogens is 2. The van der Waals surface area contributed by atoms with Crippen molar-refractivity contribution in [3.63, 3.8) is 0 Å². The number of carbonyl (C=O) groups is 1. The van der Waals surface area contributed by atoms with Crippen LogP contribution in [0.5, 0.6) is 17.2 Å². The van der Waals surface area contributed by atoms with Gasteiger partial charge in [0.2, 0.25) is 5.43 Å². The minimum absolute atomic E-state index is 0. The fourth-order valence-electron chi connectivity index (χ4n) is 6.15. The highest BCUT2D eigenvalue weighted by Crippen LogP contribution is 2.30. The van der Waals surface area contributed by atoms with E-state index in [0.717, 1.165) is 63.3 Å². The zero-order valence-electron chi connectivity index (χ0n) is 30.7. The van der Waals surface area contributed by atoms with Crippen LogP contribution in [0.15, 0.2) is 96.2 Å². The lowest BCUT2D eigenvalue weighted by molar-refractivity contribution is -0.697. The summed E-state index contributed by atoms with van der Waals surface area (Å²) in [5.41, 5.74) is 0.451. The number of carbonyl (C=O) groups excluding carboxylic acids is 1. The molecule has 5 rings (SSSR count). The molecule has 1 amide bonds. The summed E-state index contributed by atoms with van der Waals surface area (Å²) >= 11 is 0. The Morgan fingerprint density at radius 3 is 2.13 bits per heavy atom. The number of rotatable bonds is 19. The number of nitrogens with zero attached hydrogens (tertiary/aromatic N) is 3. The summed E-state index contributed by atoms with van der Waals surface area (Å²) in [5, 5.41) is 0.282. The molecular formula is C42H48BrF2N3O5. The minimum atomic E-state index is -0.824. The molecule has 5 aromatic rings. The van der Waals surface area contributed by atoms with E-state index < -0.39 is 23.0 Å². The molecule has 0 aliphatic heterocycles. The number of pyridine rings is 2. The van der Waals surface area contributed by atoms with Crippen molar-refractivity contribution in [1.82, 2.24) is 4.57 Å². The Hall–Kier alpha value is -4.77. The van der Waals surface area contributed by atoms with Crippen LogP contribution in [-0.4, -0.2) is 37.3 Å². The Balaban J connectivity index is 0.00000627. The van der Waals surface area contributed by atoms with E-state index in [-0.39, 0.29) is 40.2 Å². The van der Waals surface area contributed by atoms with Crippen molar-refractivity contribution >= 4 is 22.5 Å². The van der Waals surface area contributed by atoms with Gasteiger partial charge < -0.3 is 40.7 Å². The monoisotopic (exact) mass is 791 g/mol. The van der Waals surface area contributed by atoms with E-state index in [2.05, 4.69) is 23.9 Å². The summed E-state index contributed by atoms with van der Waals surface area (Å²) in [4.78, 5) is 29.2. The molecule has 8 nitrogen and oxygen atoms in total. The number of benzene rings is 3. The number of amides is 1. The fraction of sp³-hybridized carbons (Fsp3) is 0.357. The second kappa shape index (κ2) is 20.5. The van der Waals surface area contributed by atoms with Crippen LogP contribution >= 0.6 is 0 Å². The molecular weight excluding hydrogens is 744 g/mol. The number of aryl methyl sites for hydroxylation is 1. The summed E-state index contributed by atoms with van der Waals surface area (Å²) in [6.45, 7) is 5.90. The van der Waals surface area contributed by atoms with E-state index in [1.165, 1.54) is 23.9 Å². The Morgan fingerprint density at radius 1 is 0.774 bits per heavy atom. The van der Waals surface area contributed by atoms with Crippen molar-refractivity contribution in [2.24, 2.45) is 0 Å². The minimum Gasteiger partial charge on any atom is -1.00 e. The van der Waals surface area contributed by atoms with Gasteiger partial charge in [-0.05, 0) is 50.5 Å². The second-order valence-corrected chi connectivity index (χ2v) is 12.7. The van der Waals surface area contributed by atoms with Crippen molar-refractivity contribution in [2.75, 3.05) is 31.8 Å². The van der Waals surface area contributed by atoms with Crippen molar-refractivity contribution in [2.45, 2.75) is 71.8 Å². The van der Waals surface area contributed by atoms with Gasteiger partial charge in [-0.3, -0.25) is 9.59 Å². The van der Waals surface area contributed by atoms with E-state index in [9.17, 15) is 18.4 Å². The van der Waals surface area contributed by atoms with Crippen LogP contribution in [0.1, 0.15) is 75.6 Å². The van der Waals surface area contributed by atoms with Crippen molar-refractivity contribution in [1.29, 1.82) is 0 Å². The summed E-state index contributed by atoms with van der Waals surface area (Å²) < 4.78 is 50.1. The number of halogens is 3. The SMILES string of the molecule is CCCCOc1cc(OC)cc(-n2cc(C(=O)N(CC)c3cc(F)cc(F)c3)c(=O)c3ccc(OCCCCCCCC[n+]4ccccc4)cc32)c1.[Br-]. The van der Waals surface area contributed by atoms with Crippen molar-refractivity contribution in [3.8, 4) is 22.9 Å². The predicted octanol–water partition coefficient (Wildman–Crippen LogP) is 5.83. The smallest absolute Gasteiger partial charge is 0.263 e. The van der Waals surface area contributed by atoms with Gasteiger partial charge in [0.05, 0.1) is 31.5 Å². The van der Waals surface area contributed by atoms with Gasteiger partial charge in [-0.15, -0.1) is 0 Å². The Bertz CT molecular complexity index is 1990. The maximum absolute atomic E-state index is 14.2. The molecule has 0 saturated carbocycles. The van der Waals surface area contributed by atoms with Gasteiger partial charge in [0.15, 0.2) is 12.4 Å². The highest BCUT2D eigenvalue weighted by molar-refractivity contribution is 6.07. The summed E-state index contributed by atoms with van der Waals surface area (Å²) in [7, 11) is 1.56. The van der Waals surface area contributed by atoms with Crippen LogP contribution in [0, 0.1) is 11.6 Å². The molecule has 0 radical (unpaired) electrons. The molecule has 282 valence electrons. The molecule has 2 heterocycles. The molecule has 11 heteroatoms. The molecule has 0 fully saturated rings.